The van der Waals surface area contributed by atoms with E-state index < -0.39 is 11.9 Å². The standard InChI is InChI=1S/C4H4O4.H/c5-3(6)1-2-4(7)8;/h1-2H,(H,5,6)(H,7,8);. The average molecular weight is 117 g/mol. The number of rotatable bonds is 2. The number of carboxylic acid groups (broad SMARTS) is 2. The van der Waals surface area contributed by atoms with E-state index in [9.17, 15) is 9.59 Å². The van der Waals surface area contributed by atoms with Crippen LogP contribution in [-0.4, -0.2) is 22.2 Å². The summed E-state index contributed by atoms with van der Waals surface area (Å²) in [7, 11) is 0. The molecule has 0 fully saturated rings. The van der Waals surface area contributed by atoms with Crippen molar-refractivity contribution in [1.82, 2.24) is 0 Å². The number of carboxylic acids is 2. The molecule has 0 aromatic heterocycles. The Morgan fingerprint density at radius 3 is 1.50 bits per heavy atom. The number of carbonyl (C=O) groups is 2. The summed E-state index contributed by atoms with van der Waals surface area (Å²) in [5.74, 6) is -2.51. The Bertz CT molecular complexity index is 124. The van der Waals surface area contributed by atoms with Crippen molar-refractivity contribution >= 4 is 11.9 Å². The lowest BCUT2D eigenvalue weighted by Crippen LogP contribution is -1.91. The van der Waals surface area contributed by atoms with E-state index in [2.05, 4.69) is 0 Å². The quantitative estimate of drug-likeness (QED) is 0.492. The second-order valence-electron chi connectivity index (χ2n) is 1.01. The SMILES string of the molecule is O=C(O)C=CC(=O)O.[H]. The molecule has 0 saturated carbocycles. The van der Waals surface area contributed by atoms with Crippen molar-refractivity contribution in [2.45, 2.75) is 0 Å². The molecule has 4 nitrogen and oxygen atoms in total. The molecule has 2 N–H and O–H groups in total. The fourth-order valence-electron chi connectivity index (χ4n) is 0.143. The molecule has 8 heavy (non-hydrogen) atoms. The summed E-state index contributed by atoms with van der Waals surface area (Å²) in [6, 6.07) is 0. The number of hydrogen-bond acceptors (Lipinski definition) is 2. The molecule has 0 amide bonds. The van der Waals surface area contributed by atoms with E-state index in [1.165, 1.54) is 0 Å². The lowest BCUT2D eigenvalue weighted by Gasteiger charge is -1.74. The highest BCUT2D eigenvalue weighted by atomic mass is 16.4. The molecule has 0 heterocycles. The van der Waals surface area contributed by atoms with Crippen LogP contribution < -0.4 is 0 Å². The zero-order valence-corrected chi connectivity index (χ0v) is 3.87. The zero-order valence-electron chi connectivity index (χ0n) is 4.87. The van der Waals surface area contributed by atoms with Gasteiger partial charge in [-0.3, -0.25) is 0 Å². The van der Waals surface area contributed by atoms with Gasteiger partial charge in [-0.2, -0.15) is 0 Å². The van der Waals surface area contributed by atoms with Crippen LogP contribution in [0.2, 0.25) is 0 Å². The first kappa shape index (κ1) is 6.68. The fourth-order valence-corrected chi connectivity index (χ4v) is 0.143. The Kier molecular flexibility index (Phi) is 2.33. The molecule has 0 aliphatic rings. The normalized spacial score (nSPS) is 9.50. The second-order valence-corrected chi connectivity index (χ2v) is 1.01. The lowest BCUT2D eigenvalue weighted by atomic mass is 10.5. The van der Waals surface area contributed by atoms with E-state index in [0.717, 1.165) is 0 Å². The van der Waals surface area contributed by atoms with Crippen molar-refractivity contribution in [2.24, 2.45) is 0 Å². The number of aliphatic carboxylic acids is 2. The van der Waals surface area contributed by atoms with Gasteiger partial charge in [-0.1, -0.05) is 0 Å². The summed E-state index contributed by atoms with van der Waals surface area (Å²) in [5, 5.41) is 15.6. The van der Waals surface area contributed by atoms with Gasteiger partial charge >= 0.3 is 11.9 Å². The molecule has 0 atom stereocenters. The van der Waals surface area contributed by atoms with Gasteiger partial charge in [0.1, 0.15) is 0 Å². The molecule has 0 aromatic rings. The van der Waals surface area contributed by atoms with E-state index in [0.29, 0.717) is 12.2 Å². The van der Waals surface area contributed by atoms with Crippen LogP contribution in [0.5, 0.6) is 0 Å². The first-order valence-electron chi connectivity index (χ1n) is 1.77. The van der Waals surface area contributed by atoms with Gasteiger partial charge in [0.05, 0.1) is 0 Å². The van der Waals surface area contributed by atoms with Crippen LogP contribution in [0.1, 0.15) is 1.43 Å². The molecule has 0 saturated heterocycles. The predicted octanol–water partition coefficient (Wildman–Crippen LogP) is -0.176. The van der Waals surface area contributed by atoms with Crippen LogP contribution in [0.15, 0.2) is 12.2 Å². The summed E-state index contributed by atoms with van der Waals surface area (Å²) in [5.41, 5.74) is 0. The molecule has 45 valence electrons. The Morgan fingerprint density at radius 2 is 1.38 bits per heavy atom. The highest BCUT2D eigenvalue weighted by Crippen LogP contribution is 1.70. The third-order valence-corrected chi connectivity index (χ3v) is 0.368. The van der Waals surface area contributed by atoms with Gasteiger partial charge in [-0.05, 0) is 0 Å². The van der Waals surface area contributed by atoms with Crippen molar-refractivity contribution in [3.8, 4) is 0 Å². The van der Waals surface area contributed by atoms with Crippen molar-refractivity contribution in [3.63, 3.8) is 0 Å². The summed E-state index contributed by atoms with van der Waals surface area (Å²) >= 11 is 0. The highest BCUT2D eigenvalue weighted by molar-refractivity contribution is 5.89. The van der Waals surface area contributed by atoms with Gasteiger partial charge in [0.2, 0.25) is 0 Å². The first-order chi connectivity index (χ1) is 3.63. The molecule has 4 heteroatoms. The van der Waals surface area contributed by atoms with Crippen LogP contribution in [0.25, 0.3) is 0 Å². The summed E-state index contributed by atoms with van der Waals surface area (Å²) in [4.78, 5) is 19.1. The minimum Gasteiger partial charge on any atom is -0.478 e. The second kappa shape index (κ2) is 2.79. The van der Waals surface area contributed by atoms with E-state index in [-0.39, 0.29) is 1.43 Å². The Morgan fingerprint density at radius 1 is 1.12 bits per heavy atom. The lowest BCUT2D eigenvalue weighted by molar-refractivity contribution is -0.134. The van der Waals surface area contributed by atoms with Gasteiger partial charge < -0.3 is 10.2 Å². The van der Waals surface area contributed by atoms with Gasteiger partial charge in [-0.25, -0.2) is 9.59 Å². The third kappa shape index (κ3) is 4.68. The van der Waals surface area contributed by atoms with Crippen LogP contribution in [0.3, 0.4) is 0 Å². The average Bonchev–Trinajstić information content (AvgIpc) is 1.61. The first-order valence-corrected chi connectivity index (χ1v) is 1.77. The zero-order chi connectivity index (χ0) is 6.57. The molecule has 0 aliphatic carbocycles. The largest absolute Gasteiger partial charge is 0.478 e. The molecule has 0 bridgehead atoms. The molecule has 0 rings (SSSR count). The van der Waals surface area contributed by atoms with Crippen molar-refractivity contribution in [1.29, 1.82) is 0 Å². The Labute approximate surface area is 46.5 Å². The maximum atomic E-state index is 9.55. The smallest absolute Gasteiger partial charge is 0.328 e. The maximum absolute atomic E-state index is 9.55. The maximum Gasteiger partial charge on any atom is 0.328 e. The minimum absolute atomic E-state index is 0. The molecule has 0 aromatic carbocycles. The fraction of sp³-hybridized carbons (Fsp3) is 0. The topological polar surface area (TPSA) is 74.6 Å². The molecular weight excluding hydrogens is 112 g/mol. The predicted molar refractivity (Wildman–Crippen MR) is 25.5 cm³/mol. The molecule has 0 spiro atoms. The van der Waals surface area contributed by atoms with Crippen LogP contribution in [-0.2, 0) is 9.59 Å². The van der Waals surface area contributed by atoms with E-state index in [1.54, 1.807) is 0 Å². The summed E-state index contributed by atoms with van der Waals surface area (Å²) < 4.78 is 0. The van der Waals surface area contributed by atoms with Crippen molar-refractivity contribution < 1.29 is 21.2 Å². The Balaban J connectivity index is 0. The van der Waals surface area contributed by atoms with Gasteiger partial charge in [0.25, 0.3) is 0 Å². The van der Waals surface area contributed by atoms with Crippen LogP contribution >= 0.6 is 0 Å². The molecule has 0 unspecified atom stereocenters. The third-order valence-electron chi connectivity index (χ3n) is 0.368. The van der Waals surface area contributed by atoms with Crippen molar-refractivity contribution in [2.75, 3.05) is 0 Å². The monoisotopic (exact) mass is 117 g/mol. The van der Waals surface area contributed by atoms with Gasteiger partial charge in [0, 0.05) is 13.6 Å². The van der Waals surface area contributed by atoms with Crippen LogP contribution in [0.4, 0.5) is 0 Å². The summed E-state index contributed by atoms with van der Waals surface area (Å²) in [6.07, 6.45) is 1.12. The van der Waals surface area contributed by atoms with E-state index in [4.69, 9.17) is 10.2 Å². The van der Waals surface area contributed by atoms with Crippen LogP contribution in [0, 0.1) is 0 Å². The molecular formula is C4H5O4. The number of hydrogen-bond donors (Lipinski definition) is 2. The van der Waals surface area contributed by atoms with Crippen molar-refractivity contribution in [3.05, 3.63) is 12.2 Å². The highest BCUT2D eigenvalue weighted by Gasteiger charge is 1.88. The summed E-state index contributed by atoms with van der Waals surface area (Å²) in [6.45, 7) is 0. The van der Waals surface area contributed by atoms with Gasteiger partial charge in [0.15, 0.2) is 0 Å². The molecule has 0 aliphatic heterocycles. The molecule has 1 radical (unpaired) electrons. The van der Waals surface area contributed by atoms with Gasteiger partial charge in [-0.15, -0.1) is 0 Å². The van der Waals surface area contributed by atoms with E-state index in [1.807, 2.05) is 0 Å². The minimum atomic E-state index is -1.26. The van der Waals surface area contributed by atoms with E-state index >= 15 is 0 Å². The Hall–Kier alpha value is -1.32.